The van der Waals surface area contributed by atoms with Crippen molar-refractivity contribution in [2.45, 2.75) is 43.7 Å². The van der Waals surface area contributed by atoms with Crippen LogP contribution in [0.15, 0.2) is 53.6 Å². The number of hydrogen-bond acceptors (Lipinski definition) is 5. The molecule has 7 nitrogen and oxygen atoms in total. The number of sulfonamides is 1. The smallest absolute Gasteiger partial charge is 0.253 e. The number of nitrogens with zero attached hydrogens (tertiary/aromatic N) is 4. The summed E-state index contributed by atoms with van der Waals surface area (Å²) in [4.78, 5) is 21.7. The average molecular weight is 443 g/mol. The molecule has 0 bridgehead atoms. The quantitative estimate of drug-likeness (QED) is 0.712. The van der Waals surface area contributed by atoms with E-state index >= 15 is 0 Å². The van der Waals surface area contributed by atoms with E-state index < -0.39 is 10.0 Å². The van der Waals surface area contributed by atoms with Gasteiger partial charge in [0.05, 0.1) is 10.6 Å². The zero-order valence-electron chi connectivity index (χ0n) is 18.0. The Bertz CT molecular complexity index is 987. The van der Waals surface area contributed by atoms with Gasteiger partial charge in [0.1, 0.15) is 0 Å². The van der Waals surface area contributed by atoms with Gasteiger partial charge in [0.25, 0.3) is 5.91 Å². The van der Waals surface area contributed by atoms with Gasteiger partial charge in [-0.05, 0) is 56.2 Å². The van der Waals surface area contributed by atoms with Crippen molar-refractivity contribution in [1.29, 1.82) is 0 Å². The molecule has 1 aromatic carbocycles. The van der Waals surface area contributed by atoms with Crippen LogP contribution in [-0.2, 0) is 16.6 Å². The Hall–Kier alpha value is -2.29. The maximum absolute atomic E-state index is 13.0. The van der Waals surface area contributed by atoms with Crippen LogP contribution >= 0.6 is 0 Å². The molecule has 1 amide bonds. The fourth-order valence-electron chi connectivity index (χ4n) is 4.35. The molecule has 3 heterocycles. The van der Waals surface area contributed by atoms with Gasteiger partial charge in [-0.3, -0.25) is 14.7 Å². The summed E-state index contributed by atoms with van der Waals surface area (Å²) in [5.74, 6) is -0.0484. The van der Waals surface area contributed by atoms with Crippen molar-refractivity contribution in [2.24, 2.45) is 0 Å². The molecule has 2 aliphatic heterocycles. The Morgan fingerprint density at radius 3 is 2.39 bits per heavy atom. The number of benzene rings is 1. The summed E-state index contributed by atoms with van der Waals surface area (Å²) in [7, 11) is -3.52. The first-order valence-electron chi connectivity index (χ1n) is 11.0. The number of carbonyl (C=O) groups excluding carboxylic acids is 1. The number of rotatable bonds is 5. The fraction of sp³-hybridized carbons (Fsp3) is 0.478. The zero-order valence-corrected chi connectivity index (χ0v) is 18.8. The Labute approximate surface area is 184 Å². The number of hydrogen-bond donors (Lipinski definition) is 0. The molecule has 4 rings (SSSR count). The van der Waals surface area contributed by atoms with E-state index in [1.165, 1.54) is 0 Å². The molecular weight excluding hydrogens is 412 g/mol. The summed E-state index contributed by atoms with van der Waals surface area (Å²) >= 11 is 0. The van der Waals surface area contributed by atoms with Crippen molar-refractivity contribution < 1.29 is 13.2 Å². The van der Waals surface area contributed by atoms with Crippen LogP contribution in [0, 0.1) is 0 Å². The SMILES string of the molecule is CC1CCCCN1S(=O)(=O)c1ccc(C(=O)N2CCN(Cc3ccccn3)CC2)cc1. The molecule has 0 spiro atoms. The number of aromatic nitrogens is 1. The second-order valence-electron chi connectivity index (χ2n) is 8.37. The highest BCUT2D eigenvalue weighted by Gasteiger charge is 2.31. The molecule has 2 saturated heterocycles. The lowest BCUT2D eigenvalue weighted by molar-refractivity contribution is 0.0627. The molecule has 0 N–H and O–H groups in total. The van der Waals surface area contributed by atoms with Gasteiger partial charge in [-0.2, -0.15) is 4.31 Å². The molecule has 166 valence electrons. The fourth-order valence-corrected chi connectivity index (χ4v) is 6.05. The minimum absolute atomic E-state index is 0.0161. The monoisotopic (exact) mass is 442 g/mol. The van der Waals surface area contributed by atoms with E-state index in [4.69, 9.17) is 0 Å². The van der Waals surface area contributed by atoms with Crippen LogP contribution in [0.25, 0.3) is 0 Å². The molecule has 1 aromatic heterocycles. The molecule has 0 radical (unpaired) electrons. The zero-order chi connectivity index (χ0) is 21.8. The van der Waals surface area contributed by atoms with Gasteiger partial charge in [0, 0.05) is 57.1 Å². The van der Waals surface area contributed by atoms with Gasteiger partial charge >= 0.3 is 0 Å². The molecular formula is C23H30N4O3S. The van der Waals surface area contributed by atoms with Crippen molar-refractivity contribution in [1.82, 2.24) is 19.1 Å². The second kappa shape index (κ2) is 9.46. The summed E-state index contributed by atoms with van der Waals surface area (Å²) in [5, 5.41) is 0. The first-order valence-corrected chi connectivity index (χ1v) is 12.4. The van der Waals surface area contributed by atoms with Gasteiger partial charge < -0.3 is 4.90 Å². The van der Waals surface area contributed by atoms with Gasteiger partial charge in [0.2, 0.25) is 10.0 Å². The van der Waals surface area contributed by atoms with Crippen molar-refractivity contribution >= 4 is 15.9 Å². The highest BCUT2D eigenvalue weighted by Crippen LogP contribution is 2.25. The second-order valence-corrected chi connectivity index (χ2v) is 10.3. The van der Waals surface area contributed by atoms with E-state index in [9.17, 15) is 13.2 Å². The molecule has 8 heteroatoms. The van der Waals surface area contributed by atoms with Crippen LogP contribution < -0.4 is 0 Å². The lowest BCUT2D eigenvalue weighted by atomic mass is 10.1. The highest BCUT2D eigenvalue weighted by atomic mass is 32.2. The molecule has 2 fully saturated rings. The third-order valence-electron chi connectivity index (χ3n) is 6.22. The summed E-state index contributed by atoms with van der Waals surface area (Å²) in [6, 6.07) is 12.3. The Kier molecular flexibility index (Phi) is 6.69. The van der Waals surface area contributed by atoms with Crippen molar-refractivity contribution in [3.8, 4) is 0 Å². The lowest BCUT2D eigenvalue weighted by Gasteiger charge is -2.34. The van der Waals surface area contributed by atoms with Crippen LogP contribution in [0.4, 0.5) is 0 Å². The number of carbonyl (C=O) groups is 1. The molecule has 0 aliphatic carbocycles. The molecule has 31 heavy (non-hydrogen) atoms. The normalized spacial score (nSPS) is 21.2. The van der Waals surface area contributed by atoms with Crippen molar-refractivity contribution in [2.75, 3.05) is 32.7 Å². The maximum atomic E-state index is 13.0. The van der Waals surface area contributed by atoms with Crippen LogP contribution in [0.3, 0.4) is 0 Å². The summed E-state index contributed by atoms with van der Waals surface area (Å²) in [6.07, 6.45) is 4.65. The minimum Gasteiger partial charge on any atom is -0.336 e. The van der Waals surface area contributed by atoms with Crippen LogP contribution in [-0.4, -0.2) is 72.2 Å². The Morgan fingerprint density at radius 1 is 1.00 bits per heavy atom. The standard InChI is InChI=1S/C23H30N4O3S/c1-19-6-3-5-13-27(19)31(29,30)22-10-8-20(9-11-22)23(28)26-16-14-25(15-17-26)18-21-7-2-4-12-24-21/h2,4,7-12,19H,3,5-6,13-18H2,1H3. The van der Waals surface area contributed by atoms with E-state index in [2.05, 4.69) is 9.88 Å². The minimum atomic E-state index is -3.52. The molecule has 1 atom stereocenters. The van der Waals surface area contributed by atoms with E-state index in [1.54, 1.807) is 34.8 Å². The molecule has 2 aromatic rings. The number of amides is 1. The Balaban J connectivity index is 1.36. The van der Waals surface area contributed by atoms with Gasteiger partial charge in [-0.25, -0.2) is 8.42 Å². The summed E-state index contributed by atoms with van der Waals surface area (Å²) < 4.78 is 27.6. The van der Waals surface area contributed by atoms with Crippen molar-refractivity contribution in [3.63, 3.8) is 0 Å². The number of piperazine rings is 1. The first kappa shape index (κ1) is 21.9. The van der Waals surface area contributed by atoms with Gasteiger partial charge in [-0.15, -0.1) is 0 Å². The highest BCUT2D eigenvalue weighted by molar-refractivity contribution is 7.89. The topological polar surface area (TPSA) is 73.8 Å². The molecule has 2 aliphatic rings. The van der Waals surface area contributed by atoms with Crippen LogP contribution in [0.2, 0.25) is 0 Å². The van der Waals surface area contributed by atoms with E-state index in [1.807, 2.05) is 30.0 Å². The van der Waals surface area contributed by atoms with Crippen molar-refractivity contribution in [3.05, 3.63) is 59.9 Å². The predicted molar refractivity (Wildman–Crippen MR) is 119 cm³/mol. The third kappa shape index (κ3) is 4.97. The first-order chi connectivity index (χ1) is 14.9. The van der Waals surface area contributed by atoms with Gasteiger partial charge in [-0.1, -0.05) is 12.5 Å². The van der Waals surface area contributed by atoms with Crippen LogP contribution in [0.1, 0.15) is 42.2 Å². The predicted octanol–water partition coefficient (Wildman–Crippen LogP) is 2.60. The van der Waals surface area contributed by atoms with Gasteiger partial charge in [0.15, 0.2) is 0 Å². The van der Waals surface area contributed by atoms with Crippen LogP contribution in [0.5, 0.6) is 0 Å². The third-order valence-corrected chi connectivity index (χ3v) is 8.25. The summed E-state index contributed by atoms with van der Waals surface area (Å²) in [5.41, 5.74) is 1.56. The summed E-state index contributed by atoms with van der Waals surface area (Å²) in [6.45, 7) is 6.19. The average Bonchev–Trinajstić information content (AvgIpc) is 2.80. The lowest BCUT2D eigenvalue weighted by Crippen LogP contribution is -2.48. The maximum Gasteiger partial charge on any atom is 0.253 e. The molecule has 0 saturated carbocycles. The van der Waals surface area contributed by atoms with E-state index in [0.717, 1.165) is 44.6 Å². The number of pyridine rings is 1. The molecule has 1 unspecified atom stereocenters. The van der Waals surface area contributed by atoms with E-state index in [-0.39, 0.29) is 16.8 Å². The number of piperidine rings is 1. The Morgan fingerprint density at radius 2 is 1.74 bits per heavy atom. The largest absolute Gasteiger partial charge is 0.336 e. The van der Waals surface area contributed by atoms with E-state index in [0.29, 0.717) is 25.2 Å².